The maximum Gasteiger partial charge on any atom is 0.224 e. The van der Waals surface area contributed by atoms with Crippen LogP contribution in [0.25, 0.3) is 0 Å². The van der Waals surface area contributed by atoms with Gasteiger partial charge in [-0.05, 0) is 30.0 Å². The van der Waals surface area contributed by atoms with Crippen molar-refractivity contribution < 1.29 is 4.79 Å². The van der Waals surface area contributed by atoms with Gasteiger partial charge in [-0.1, -0.05) is 44.2 Å². The first kappa shape index (κ1) is 14.1. The second kappa shape index (κ2) is 7.29. The van der Waals surface area contributed by atoms with E-state index >= 15 is 0 Å². The van der Waals surface area contributed by atoms with Gasteiger partial charge in [-0.2, -0.15) is 0 Å². The monoisotopic (exact) mass is 260 g/mol. The van der Waals surface area contributed by atoms with E-state index in [0.717, 1.165) is 23.6 Å². The van der Waals surface area contributed by atoms with Crippen molar-refractivity contribution in [3.63, 3.8) is 0 Å². The fourth-order valence-electron chi connectivity index (χ4n) is 2.81. The van der Waals surface area contributed by atoms with Gasteiger partial charge in [-0.25, -0.2) is 0 Å². The van der Waals surface area contributed by atoms with Crippen molar-refractivity contribution in [2.24, 2.45) is 11.7 Å². The summed E-state index contributed by atoms with van der Waals surface area (Å²) in [5.74, 6) is 0.884. The zero-order valence-electron chi connectivity index (χ0n) is 11.5. The van der Waals surface area contributed by atoms with Crippen molar-refractivity contribution in [2.75, 3.05) is 5.32 Å². The van der Waals surface area contributed by atoms with Gasteiger partial charge < -0.3 is 11.1 Å². The highest BCUT2D eigenvalue weighted by Crippen LogP contribution is 2.27. The predicted octanol–water partition coefficient (Wildman–Crippen LogP) is 3.44. The van der Waals surface area contributed by atoms with Crippen LogP contribution in [0.15, 0.2) is 24.3 Å². The van der Waals surface area contributed by atoms with Crippen LogP contribution in [-0.4, -0.2) is 5.91 Å². The highest BCUT2D eigenvalue weighted by atomic mass is 16.1. The Balaban J connectivity index is 1.76. The van der Waals surface area contributed by atoms with Crippen molar-refractivity contribution >= 4 is 11.6 Å². The number of nitrogens with one attached hydrogen (secondary N) is 1. The number of hydrogen-bond acceptors (Lipinski definition) is 2. The summed E-state index contributed by atoms with van der Waals surface area (Å²) in [5, 5.41) is 2.96. The Morgan fingerprint density at radius 2 is 2.05 bits per heavy atom. The Kier molecular flexibility index (Phi) is 5.40. The lowest BCUT2D eigenvalue weighted by molar-refractivity contribution is -0.116. The van der Waals surface area contributed by atoms with Gasteiger partial charge in [0.15, 0.2) is 0 Å². The normalized spacial score (nSPS) is 16.3. The Labute approximate surface area is 115 Å². The summed E-state index contributed by atoms with van der Waals surface area (Å²) >= 11 is 0. The fraction of sp³-hybridized carbons (Fsp3) is 0.562. The minimum Gasteiger partial charge on any atom is -0.326 e. The molecule has 1 saturated carbocycles. The minimum atomic E-state index is 0.125. The summed E-state index contributed by atoms with van der Waals surface area (Å²) in [5.41, 5.74) is 7.50. The van der Waals surface area contributed by atoms with E-state index in [1.165, 1.54) is 32.1 Å². The molecule has 0 spiro atoms. The molecule has 3 N–H and O–H groups in total. The van der Waals surface area contributed by atoms with E-state index in [4.69, 9.17) is 5.73 Å². The molecule has 3 nitrogen and oxygen atoms in total. The van der Waals surface area contributed by atoms with Crippen LogP contribution in [-0.2, 0) is 11.3 Å². The van der Waals surface area contributed by atoms with Crippen LogP contribution < -0.4 is 11.1 Å². The van der Waals surface area contributed by atoms with E-state index in [1.54, 1.807) is 0 Å². The quantitative estimate of drug-likeness (QED) is 0.852. The SMILES string of the molecule is NCc1cccc(NC(=O)CCC2CCCCC2)c1. The summed E-state index contributed by atoms with van der Waals surface area (Å²) in [7, 11) is 0. The molecule has 1 aliphatic carbocycles. The zero-order valence-corrected chi connectivity index (χ0v) is 11.5. The van der Waals surface area contributed by atoms with Crippen LogP contribution in [0.1, 0.15) is 50.5 Å². The maximum atomic E-state index is 11.9. The number of nitrogens with two attached hydrogens (primary N) is 1. The van der Waals surface area contributed by atoms with E-state index in [-0.39, 0.29) is 5.91 Å². The van der Waals surface area contributed by atoms with Gasteiger partial charge >= 0.3 is 0 Å². The number of benzene rings is 1. The van der Waals surface area contributed by atoms with Crippen LogP contribution in [0.2, 0.25) is 0 Å². The topological polar surface area (TPSA) is 55.1 Å². The summed E-state index contributed by atoms with van der Waals surface area (Å²) in [4.78, 5) is 11.9. The van der Waals surface area contributed by atoms with Crippen molar-refractivity contribution in [1.82, 2.24) is 0 Å². The Morgan fingerprint density at radius 3 is 2.79 bits per heavy atom. The zero-order chi connectivity index (χ0) is 13.5. The lowest BCUT2D eigenvalue weighted by Gasteiger charge is -2.21. The predicted molar refractivity (Wildman–Crippen MR) is 78.8 cm³/mol. The largest absolute Gasteiger partial charge is 0.326 e. The molecular weight excluding hydrogens is 236 g/mol. The van der Waals surface area contributed by atoms with Crippen LogP contribution >= 0.6 is 0 Å². The van der Waals surface area contributed by atoms with Crippen molar-refractivity contribution in [3.8, 4) is 0 Å². The molecular formula is C16H24N2O. The van der Waals surface area contributed by atoms with Gasteiger partial charge in [0.2, 0.25) is 5.91 Å². The molecule has 1 aromatic carbocycles. The highest BCUT2D eigenvalue weighted by Gasteiger charge is 2.14. The lowest BCUT2D eigenvalue weighted by atomic mass is 9.86. The first-order valence-corrected chi connectivity index (χ1v) is 7.37. The minimum absolute atomic E-state index is 0.125. The summed E-state index contributed by atoms with van der Waals surface area (Å²) in [6.07, 6.45) is 8.32. The summed E-state index contributed by atoms with van der Waals surface area (Å²) in [6.45, 7) is 0.506. The van der Waals surface area contributed by atoms with Crippen LogP contribution in [0.4, 0.5) is 5.69 Å². The van der Waals surface area contributed by atoms with Gasteiger partial charge in [-0.3, -0.25) is 4.79 Å². The van der Waals surface area contributed by atoms with Crippen LogP contribution in [0.3, 0.4) is 0 Å². The van der Waals surface area contributed by atoms with Gasteiger partial charge in [0.1, 0.15) is 0 Å². The molecule has 1 amide bonds. The van der Waals surface area contributed by atoms with E-state index in [2.05, 4.69) is 5.32 Å². The number of carbonyl (C=O) groups excluding carboxylic acids is 1. The van der Waals surface area contributed by atoms with Crippen molar-refractivity contribution in [2.45, 2.75) is 51.5 Å². The highest BCUT2D eigenvalue weighted by molar-refractivity contribution is 5.90. The third-order valence-electron chi connectivity index (χ3n) is 3.95. The van der Waals surface area contributed by atoms with Crippen molar-refractivity contribution in [1.29, 1.82) is 0 Å². The molecule has 0 atom stereocenters. The van der Waals surface area contributed by atoms with Crippen LogP contribution in [0, 0.1) is 5.92 Å². The number of anilines is 1. The Bertz CT molecular complexity index is 411. The molecule has 0 radical (unpaired) electrons. The molecule has 0 heterocycles. The lowest BCUT2D eigenvalue weighted by Crippen LogP contribution is -2.15. The fourth-order valence-corrected chi connectivity index (χ4v) is 2.81. The Morgan fingerprint density at radius 1 is 1.26 bits per heavy atom. The third kappa shape index (κ3) is 4.67. The van der Waals surface area contributed by atoms with E-state index in [1.807, 2.05) is 24.3 Å². The van der Waals surface area contributed by atoms with E-state index < -0.39 is 0 Å². The van der Waals surface area contributed by atoms with Crippen LogP contribution in [0.5, 0.6) is 0 Å². The molecule has 1 aliphatic rings. The molecule has 1 fully saturated rings. The molecule has 104 valence electrons. The number of rotatable bonds is 5. The van der Waals surface area contributed by atoms with Gasteiger partial charge in [0.25, 0.3) is 0 Å². The first-order valence-electron chi connectivity index (χ1n) is 7.37. The maximum absolute atomic E-state index is 11.9. The molecule has 0 aliphatic heterocycles. The average molecular weight is 260 g/mol. The number of amides is 1. The number of carbonyl (C=O) groups is 1. The molecule has 19 heavy (non-hydrogen) atoms. The van der Waals surface area contributed by atoms with E-state index in [0.29, 0.717) is 13.0 Å². The molecule has 0 bridgehead atoms. The average Bonchev–Trinajstić information content (AvgIpc) is 2.46. The second-order valence-corrected chi connectivity index (χ2v) is 5.50. The van der Waals surface area contributed by atoms with Gasteiger partial charge in [-0.15, -0.1) is 0 Å². The molecule has 0 saturated heterocycles. The number of hydrogen-bond donors (Lipinski definition) is 2. The first-order chi connectivity index (χ1) is 9.28. The molecule has 2 rings (SSSR count). The summed E-state index contributed by atoms with van der Waals surface area (Å²) < 4.78 is 0. The van der Waals surface area contributed by atoms with E-state index in [9.17, 15) is 4.79 Å². The van der Waals surface area contributed by atoms with Crippen molar-refractivity contribution in [3.05, 3.63) is 29.8 Å². The standard InChI is InChI=1S/C16H24N2O/c17-12-14-7-4-8-15(11-14)18-16(19)10-9-13-5-2-1-3-6-13/h4,7-8,11,13H,1-3,5-6,9-10,12,17H2,(H,18,19). The summed E-state index contributed by atoms with van der Waals surface area (Å²) in [6, 6.07) is 7.76. The smallest absolute Gasteiger partial charge is 0.224 e. The molecule has 3 heteroatoms. The van der Waals surface area contributed by atoms with Gasteiger partial charge in [0.05, 0.1) is 0 Å². The third-order valence-corrected chi connectivity index (χ3v) is 3.95. The molecule has 1 aromatic rings. The molecule has 0 aromatic heterocycles. The second-order valence-electron chi connectivity index (χ2n) is 5.50. The van der Waals surface area contributed by atoms with Gasteiger partial charge in [0, 0.05) is 18.7 Å². The molecule has 0 unspecified atom stereocenters. The Hall–Kier alpha value is -1.35.